The average molecular weight is 337 g/mol. The molecule has 1 aliphatic heterocycles. The lowest BCUT2D eigenvalue weighted by Gasteiger charge is -2.33. The average Bonchev–Trinajstić information content (AvgIpc) is 3.11. The molecule has 130 valence electrons. The minimum Gasteiger partial charge on any atom is -0.371 e. The van der Waals surface area contributed by atoms with Gasteiger partial charge in [0.15, 0.2) is 0 Å². The van der Waals surface area contributed by atoms with Crippen LogP contribution in [0.3, 0.4) is 0 Å². The molecule has 2 amide bonds. The normalized spacial score (nSPS) is 17.2. The van der Waals surface area contributed by atoms with Gasteiger partial charge in [-0.2, -0.15) is 0 Å². The molecule has 0 atom stereocenters. The van der Waals surface area contributed by atoms with Gasteiger partial charge in [0.2, 0.25) is 0 Å². The first-order valence-corrected chi connectivity index (χ1v) is 8.98. The summed E-state index contributed by atoms with van der Waals surface area (Å²) in [6.07, 6.45) is 10.6. The van der Waals surface area contributed by atoms with Gasteiger partial charge >= 0.3 is 6.03 Å². The van der Waals surface area contributed by atoms with Gasteiger partial charge in [-0.25, -0.2) is 4.79 Å². The van der Waals surface area contributed by atoms with E-state index in [4.69, 9.17) is 0 Å². The lowest BCUT2D eigenvalue weighted by atomic mass is 10.0. The second-order valence-corrected chi connectivity index (χ2v) is 6.75. The summed E-state index contributed by atoms with van der Waals surface area (Å²) < 4.78 is 0. The number of hydrogen-bond acceptors (Lipinski definition) is 4. The molecule has 1 aliphatic carbocycles. The van der Waals surface area contributed by atoms with E-state index in [1.54, 1.807) is 6.20 Å². The highest BCUT2D eigenvalue weighted by molar-refractivity contribution is 5.89. The van der Waals surface area contributed by atoms with E-state index in [2.05, 4.69) is 31.6 Å². The van der Waals surface area contributed by atoms with Crippen LogP contribution >= 0.6 is 0 Å². The fourth-order valence-corrected chi connectivity index (χ4v) is 3.68. The Bertz CT molecular complexity index is 741. The third kappa shape index (κ3) is 3.73. The molecule has 0 aromatic carbocycles. The first-order valence-electron chi connectivity index (χ1n) is 8.98. The number of amides is 2. The minimum atomic E-state index is -0.137. The minimum absolute atomic E-state index is 0.137. The number of pyridine rings is 2. The zero-order valence-corrected chi connectivity index (χ0v) is 14.2. The Hall–Kier alpha value is -2.63. The highest BCUT2D eigenvalue weighted by Gasteiger charge is 2.21. The molecule has 25 heavy (non-hydrogen) atoms. The maximum Gasteiger partial charge on any atom is 0.319 e. The number of nitrogens with zero attached hydrogens (tertiary/aromatic N) is 3. The second-order valence-electron chi connectivity index (χ2n) is 6.75. The molecule has 0 spiro atoms. The van der Waals surface area contributed by atoms with Crippen molar-refractivity contribution in [1.82, 2.24) is 15.3 Å². The summed E-state index contributed by atoms with van der Waals surface area (Å²) in [5.74, 6) is 0. The number of nitrogens with one attached hydrogen (secondary N) is 2. The van der Waals surface area contributed by atoms with Crippen LogP contribution in [-0.4, -0.2) is 35.1 Å². The van der Waals surface area contributed by atoms with Crippen molar-refractivity contribution in [3.63, 3.8) is 0 Å². The van der Waals surface area contributed by atoms with Crippen molar-refractivity contribution in [2.24, 2.45) is 0 Å². The van der Waals surface area contributed by atoms with Crippen LogP contribution in [0.15, 0.2) is 36.8 Å². The Labute approximate surface area is 147 Å². The monoisotopic (exact) mass is 337 g/mol. The van der Waals surface area contributed by atoms with Gasteiger partial charge in [0.05, 0.1) is 11.9 Å². The number of carbonyl (C=O) groups excluding carboxylic acids is 1. The van der Waals surface area contributed by atoms with E-state index in [1.165, 1.54) is 16.9 Å². The number of anilines is 2. The van der Waals surface area contributed by atoms with E-state index >= 15 is 0 Å². The highest BCUT2D eigenvalue weighted by atomic mass is 16.2. The molecule has 2 aromatic rings. The molecular weight excluding hydrogens is 314 g/mol. The first-order chi connectivity index (χ1) is 12.3. The van der Waals surface area contributed by atoms with Crippen LogP contribution in [-0.2, 0) is 12.8 Å². The Morgan fingerprint density at radius 1 is 1.16 bits per heavy atom. The number of carbonyl (C=O) groups is 1. The number of piperidine rings is 1. The van der Waals surface area contributed by atoms with E-state index in [9.17, 15) is 4.79 Å². The van der Waals surface area contributed by atoms with Crippen LogP contribution in [0.1, 0.15) is 30.5 Å². The molecule has 1 saturated heterocycles. The SMILES string of the molecule is O=C(Nc1cnc2c(c1)CCC2)NC1CCN(c2ccncc2)CC1. The standard InChI is InChI=1S/C19H23N5O/c25-19(23-16-12-14-2-1-3-18(14)21-13-16)22-15-6-10-24(11-7-15)17-4-8-20-9-5-17/h4-5,8-9,12-13,15H,1-3,6-7,10-11H2,(H2,22,23,25). The van der Waals surface area contributed by atoms with Crippen molar-refractivity contribution in [2.75, 3.05) is 23.3 Å². The van der Waals surface area contributed by atoms with E-state index < -0.39 is 0 Å². The third-order valence-electron chi connectivity index (χ3n) is 5.04. The van der Waals surface area contributed by atoms with Gasteiger partial charge in [0.1, 0.15) is 0 Å². The van der Waals surface area contributed by atoms with E-state index in [0.717, 1.165) is 50.9 Å². The molecule has 0 bridgehead atoms. The fourth-order valence-electron chi connectivity index (χ4n) is 3.68. The molecule has 6 nitrogen and oxygen atoms in total. The maximum absolute atomic E-state index is 12.3. The fraction of sp³-hybridized carbons (Fsp3) is 0.421. The smallest absolute Gasteiger partial charge is 0.319 e. The summed E-state index contributed by atoms with van der Waals surface area (Å²) in [5, 5.41) is 6.02. The molecule has 1 fully saturated rings. The second kappa shape index (κ2) is 7.09. The lowest BCUT2D eigenvalue weighted by Crippen LogP contribution is -2.46. The number of hydrogen-bond donors (Lipinski definition) is 2. The Morgan fingerprint density at radius 3 is 2.76 bits per heavy atom. The molecule has 0 unspecified atom stereocenters. The van der Waals surface area contributed by atoms with Gasteiger partial charge in [-0.1, -0.05) is 0 Å². The van der Waals surface area contributed by atoms with Crippen molar-refractivity contribution in [2.45, 2.75) is 38.1 Å². The Morgan fingerprint density at radius 2 is 1.96 bits per heavy atom. The topological polar surface area (TPSA) is 70.2 Å². The van der Waals surface area contributed by atoms with Crippen LogP contribution in [0.25, 0.3) is 0 Å². The molecule has 3 heterocycles. The molecule has 2 aromatic heterocycles. The Kier molecular flexibility index (Phi) is 4.50. The van der Waals surface area contributed by atoms with Crippen molar-refractivity contribution in [1.29, 1.82) is 0 Å². The van der Waals surface area contributed by atoms with E-state index in [0.29, 0.717) is 0 Å². The van der Waals surface area contributed by atoms with Crippen molar-refractivity contribution < 1.29 is 4.79 Å². The summed E-state index contributed by atoms with van der Waals surface area (Å²) in [4.78, 5) is 23.1. The van der Waals surface area contributed by atoms with Gasteiger partial charge in [0, 0.05) is 42.9 Å². The molecule has 2 aliphatic rings. The van der Waals surface area contributed by atoms with Crippen LogP contribution in [0.2, 0.25) is 0 Å². The Balaban J connectivity index is 1.28. The summed E-state index contributed by atoms with van der Waals surface area (Å²) >= 11 is 0. The van der Waals surface area contributed by atoms with Gasteiger partial charge < -0.3 is 15.5 Å². The zero-order valence-electron chi connectivity index (χ0n) is 14.2. The van der Waals surface area contributed by atoms with Crippen LogP contribution in [0, 0.1) is 0 Å². The summed E-state index contributed by atoms with van der Waals surface area (Å²) in [7, 11) is 0. The molecule has 2 N–H and O–H groups in total. The van der Waals surface area contributed by atoms with Gasteiger partial charge in [-0.3, -0.25) is 9.97 Å². The predicted octanol–water partition coefficient (Wildman–Crippen LogP) is 2.76. The largest absolute Gasteiger partial charge is 0.371 e. The molecule has 0 saturated carbocycles. The first kappa shape index (κ1) is 15.9. The molecule has 0 radical (unpaired) electrons. The van der Waals surface area contributed by atoms with Gasteiger partial charge in [-0.05, 0) is 55.9 Å². The molecule has 4 rings (SSSR count). The summed E-state index contributed by atoms with van der Waals surface area (Å²) in [6, 6.07) is 6.19. The number of rotatable bonds is 3. The third-order valence-corrected chi connectivity index (χ3v) is 5.04. The van der Waals surface area contributed by atoms with Crippen LogP contribution in [0.5, 0.6) is 0 Å². The lowest BCUT2D eigenvalue weighted by molar-refractivity contribution is 0.246. The number of aromatic nitrogens is 2. The summed E-state index contributed by atoms with van der Waals surface area (Å²) in [6.45, 7) is 1.88. The van der Waals surface area contributed by atoms with Crippen LogP contribution in [0.4, 0.5) is 16.2 Å². The van der Waals surface area contributed by atoms with Crippen molar-refractivity contribution in [3.05, 3.63) is 48.0 Å². The summed E-state index contributed by atoms with van der Waals surface area (Å²) in [5.41, 5.74) is 4.42. The van der Waals surface area contributed by atoms with Crippen molar-refractivity contribution in [3.8, 4) is 0 Å². The van der Waals surface area contributed by atoms with Gasteiger partial charge in [0.25, 0.3) is 0 Å². The molecule has 6 heteroatoms. The number of urea groups is 1. The van der Waals surface area contributed by atoms with E-state index in [1.807, 2.05) is 24.5 Å². The molecular formula is C19H23N5O. The quantitative estimate of drug-likeness (QED) is 0.903. The zero-order chi connectivity index (χ0) is 17.1. The van der Waals surface area contributed by atoms with Crippen molar-refractivity contribution >= 4 is 17.4 Å². The number of fused-ring (bicyclic) bond motifs is 1. The van der Waals surface area contributed by atoms with Crippen LogP contribution < -0.4 is 15.5 Å². The van der Waals surface area contributed by atoms with E-state index in [-0.39, 0.29) is 12.1 Å². The predicted molar refractivity (Wildman–Crippen MR) is 97.9 cm³/mol. The maximum atomic E-state index is 12.3. The number of aryl methyl sites for hydroxylation is 2. The van der Waals surface area contributed by atoms with Gasteiger partial charge in [-0.15, -0.1) is 0 Å². The highest BCUT2D eigenvalue weighted by Crippen LogP contribution is 2.23.